The lowest BCUT2D eigenvalue weighted by atomic mass is 9.96. The summed E-state index contributed by atoms with van der Waals surface area (Å²) in [7, 11) is 0. The highest BCUT2D eigenvalue weighted by Gasteiger charge is 2.37. The number of nitrogens with two attached hydrogens (primary N) is 8. The minimum Gasteiger partial charge on any atom is -0.457 e. The number of nitrogen functional groups attached to an aromatic ring is 8. The van der Waals surface area contributed by atoms with Gasteiger partial charge in [0.1, 0.15) is 28.8 Å². The number of aromatic nitrogens is 2. The zero-order valence-electron chi connectivity index (χ0n) is 67.9. The molecule has 0 radical (unpaired) electrons. The Bertz CT molecular complexity index is 7410. The van der Waals surface area contributed by atoms with E-state index >= 15 is 0 Å². The number of esters is 12. The van der Waals surface area contributed by atoms with Crippen molar-refractivity contribution < 1.29 is 109 Å². The molecule has 0 amide bonds. The van der Waals surface area contributed by atoms with E-state index in [0.717, 1.165) is 80.2 Å². The third kappa shape index (κ3) is 19.3. The molecular weight excluding hydrogens is 1730 g/mol. The number of carbonyl (C=O) groups excluding carboxylic acids is 13. The van der Waals surface area contributed by atoms with Crippen LogP contribution >= 0.6 is 0 Å². The standard InChI is InChI=1S/C17H6O7.C16H6O7.C16H6O6.C13H12N4.C12H12N2O.C10H2O6.2C6H8N2/c18-13(7-1-3-9-11(5-7)16(21)23-14(9)19)8-2-4-10-12(6-8)17(22)24-15(10)20;17-13-9-3-1-7(5-11(9)15(19)22-13)21-8-2-4-10-12(6-8)16(20)23-14(10)18;17-13-9-3-1-7(5-11(9)15(19)21-13)8-2-4-10-12(6-8)16(20)22-14(10)18;14-9-3-1-8(2-4-9)13-16-11-6-5-10(15)7-12(11)17-13;13-9-1-5-11(6-2-9)15-12-7-3-10(14)4-8-12;11-7-3-1-4-6(10(14)16-8(4)12)2-5(3)9(13)15-7;7-5-1-2-6(8)4-3-5;7-5-2-1-3-6(8)4-5/h1-6H;1-6H;1-6H;1-7H,14-15H2,(H,16,17);1-8H,13-14H2;1-2H;2*1-4H,7-8H2. The molecule has 22 rings (SSSR count). The molecule has 17 N–H and O–H groups in total. The predicted molar refractivity (Wildman–Crippen MR) is 476 cm³/mol. The molecule has 37 nitrogen and oxygen atoms in total. The molecule has 0 spiro atoms. The summed E-state index contributed by atoms with van der Waals surface area (Å²) >= 11 is 0. The molecule has 0 fully saturated rings. The molecule has 6 aliphatic rings. The Morgan fingerprint density at radius 1 is 0.241 bits per heavy atom. The number of nitrogens with one attached hydrogen (secondary N) is 1. The third-order valence-electron chi connectivity index (χ3n) is 19.8. The van der Waals surface area contributed by atoms with Crippen LogP contribution in [0.25, 0.3) is 55.1 Å². The molecule has 13 aromatic carbocycles. The summed E-state index contributed by atoms with van der Waals surface area (Å²) in [6.45, 7) is 0. The van der Waals surface area contributed by atoms with Crippen molar-refractivity contribution in [3.8, 4) is 45.5 Å². The Morgan fingerprint density at radius 3 is 0.842 bits per heavy atom. The normalized spacial score (nSPS) is 12.8. The van der Waals surface area contributed by atoms with Crippen molar-refractivity contribution in [1.29, 1.82) is 0 Å². The number of furan rings is 2. The van der Waals surface area contributed by atoms with Gasteiger partial charge in [-0.1, -0.05) is 30.3 Å². The second-order valence-corrected chi connectivity index (χ2v) is 28.8. The van der Waals surface area contributed by atoms with Gasteiger partial charge >= 0.3 is 94.1 Å². The summed E-state index contributed by atoms with van der Waals surface area (Å²) < 4.78 is 46.8. The highest BCUT2D eigenvalue weighted by atomic mass is 16.6. The van der Waals surface area contributed by atoms with Crippen molar-refractivity contribution in [2.75, 3.05) is 45.9 Å². The van der Waals surface area contributed by atoms with E-state index < -0.39 is 99.9 Å². The van der Waals surface area contributed by atoms with Gasteiger partial charge in [0.05, 0.1) is 99.3 Å². The average molecular weight is 1790 g/mol. The van der Waals surface area contributed by atoms with E-state index in [9.17, 15) is 81.5 Å². The number of nitrogens with zero attached hydrogens (tertiary/aromatic N) is 1. The summed E-state index contributed by atoms with van der Waals surface area (Å²) in [6, 6.07) is 70.1. The van der Waals surface area contributed by atoms with Gasteiger partial charge in [-0.15, -0.1) is 0 Å². The van der Waals surface area contributed by atoms with Crippen LogP contribution < -0.4 is 77.8 Å². The molecule has 0 atom stereocenters. The maximum Gasteiger partial charge on any atom is 0.347 e. The van der Waals surface area contributed by atoms with Gasteiger partial charge in [0.2, 0.25) is 0 Å². The molecule has 3 aromatic heterocycles. The fraction of sp³-hybridized carbons (Fsp3) is 0. The first-order valence-corrected chi connectivity index (χ1v) is 38.7. The van der Waals surface area contributed by atoms with Gasteiger partial charge < -0.3 is 97.6 Å². The molecule has 0 aliphatic carbocycles. The number of fused-ring (bicyclic) bond motifs is 9. The smallest absolute Gasteiger partial charge is 0.347 e. The molecule has 0 saturated heterocycles. The molecule has 6 aliphatic heterocycles. The fourth-order valence-electron chi connectivity index (χ4n) is 13.3. The summed E-state index contributed by atoms with van der Waals surface area (Å²) in [5, 5.41) is -0.0726. The van der Waals surface area contributed by atoms with Gasteiger partial charge in [0.15, 0.2) is 5.78 Å². The molecule has 0 saturated carbocycles. The van der Waals surface area contributed by atoms with Crippen molar-refractivity contribution in [3.05, 3.63) is 380 Å². The van der Waals surface area contributed by atoms with E-state index in [2.05, 4.69) is 47.2 Å². The van der Waals surface area contributed by atoms with Crippen LogP contribution in [0.3, 0.4) is 0 Å². The van der Waals surface area contributed by atoms with Crippen LogP contribution in [0.5, 0.6) is 23.0 Å². The number of cyclic esters (lactones) is 12. The number of ketones is 1. The highest BCUT2D eigenvalue weighted by molar-refractivity contribution is 6.21. The first kappa shape index (κ1) is 88.0. The van der Waals surface area contributed by atoms with Crippen molar-refractivity contribution >= 4 is 155 Å². The lowest BCUT2D eigenvalue weighted by Crippen LogP contribution is -2.05. The lowest BCUT2D eigenvalue weighted by Gasteiger charge is -2.06. The second-order valence-electron chi connectivity index (χ2n) is 28.8. The minimum absolute atomic E-state index is 0.0154. The minimum atomic E-state index is -0.824. The van der Waals surface area contributed by atoms with Crippen LogP contribution in [0.15, 0.2) is 289 Å². The zero-order chi connectivity index (χ0) is 94.5. The number of imidazole rings is 1. The van der Waals surface area contributed by atoms with E-state index in [-0.39, 0.29) is 111 Å². The van der Waals surface area contributed by atoms with Crippen LogP contribution in [0, 0.1) is 0 Å². The number of rotatable bonds is 8. The van der Waals surface area contributed by atoms with Gasteiger partial charge in [-0.05, 0) is 242 Å². The number of hydrogen-bond acceptors (Lipinski definition) is 36. The van der Waals surface area contributed by atoms with Gasteiger partial charge in [-0.2, -0.15) is 0 Å². The van der Waals surface area contributed by atoms with Crippen LogP contribution in [0.4, 0.5) is 45.5 Å². The number of carbonyl (C=O) groups is 13. The molecular formula is C96H60N10O27. The Balaban J connectivity index is 0.000000119. The largest absolute Gasteiger partial charge is 0.457 e. The molecule has 133 heavy (non-hydrogen) atoms. The molecule has 656 valence electrons. The van der Waals surface area contributed by atoms with Gasteiger partial charge in [-0.3, -0.25) is 4.79 Å². The average Bonchev–Trinajstić information content (AvgIpc) is 1.60. The van der Waals surface area contributed by atoms with Gasteiger partial charge in [0, 0.05) is 62.2 Å². The fourth-order valence-corrected chi connectivity index (χ4v) is 13.3. The first-order chi connectivity index (χ1) is 63.6. The van der Waals surface area contributed by atoms with E-state index in [1.54, 1.807) is 78.9 Å². The molecule has 16 aromatic rings. The van der Waals surface area contributed by atoms with Gasteiger partial charge in [0.25, 0.3) is 0 Å². The monoisotopic (exact) mass is 1780 g/mol. The second kappa shape index (κ2) is 36.7. The van der Waals surface area contributed by atoms with Crippen molar-refractivity contribution in [3.63, 3.8) is 0 Å². The number of benzene rings is 13. The molecule has 9 heterocycles. The predicted octanol–water partition coefficient (Wildman–Crippen LogP) is 11.8. The number of ether oxygens (including phenoxy) is 8. The van der Waals surface area contributed by atoms with Gasteiger partial charge in [-0.25, -0.2) is 81.7 Å². The number of anilines is 8. The molecule has 0 bridgehead atoms. The summed E-state index contributed by atoms with van der Waals surface area (Å²) in [4.78, 5) is 203. The number of aromatic amines is 1. The van der Waals surface area contributed by atoms with Crippen molar-refractivity contribution in [2.24, 2.45) is 0 Å². The van der Waals surface area contributed by atoms with Crippen molar-refractivity contribution in [1.82, 2.24) is 9.97 Å². The zero-order valence-corrected chi connectivity index (χ0v) is 67.9. The van der Waals surface area contributed by atoms with E-state index in [4.69, 9.17) is 55.3 Å². The molecule has 0 unspecified atom stereocenters. The Morgan fingerprint density at radius 2 is 0.504 bits per heavy atom. The maximum atomic E-state index is 12.5. The quantitative estimate of drug-likeness (QED) is 0.0224. The number of H-pyrrole nitrogens is 1. The Hall–Kier alpha value is -19.9. The molecule has 37 heteroatoms. The first-order valence-electron chi connectivity index (χ1n) is 38.7. The Labute approximate surface area is 742 Å². The topological polar surface area (TPSA) is 627 Å². The van der Waals surface area contributed by atoms with Crippen molar-refractivity contribution in [2.45, 2.75) is 0 Å². The maximum absolute atomic E-state index is 12.5. The lowest BCUT2D eigenvalue weighted by molar-refractivity contribution is 0.0425. The SMILES string of the molecule is Nc1ccc(-c2nc3ccc(N)cc3[nH]2)cc1.Nc1ccc(N)cc1.Nc1ccc(Oc2ccc(N)cc2)cc1.Nc1cccc(N)c1.O=C(c1ccc2c(c1)C(=O)OC2=O)c1ccc2c(c1)C(=O)OC2=O.O=C1OC(=O)c2cc(-c3ccc4c(c3)C(=O)OC4=O)ccc21.O=C1OC(=O)c2cc(Oc3ccc4c(c3)C(=O)OC4=O)ccc21.O=c1oc(=O)c2cc3c(=O)oc(=O)c3cc12. The highest BCUT2D eigenvalue weighted by Crippen LogP contribution is 2.35. The van der Waals surface area contributed by atoms with Crippen LogP contribution in [0.2, 0.25) is 0 Å². The van der Waals surface area contributed by atoms with Crippen LogP contribution in [-0.2, 0) is 28.4 Å². The number of hydrogen-bond donors (Lipinski definition) is 9. The van der Waals surface area contributed by atoms with E-state index in [1.807, 2.05) is 72.8 Å². The van der Waals surface area contributed by atoms with E-state index in [1.165, 1.54) is 97.1 Å². The summed E-state index contributed by atoms with van der Waals surface area (Å²) in [5.41, 5.74) is 52.6. The Kier molecular flexibility index (Phi) is 24.3. The third-order valence-corrected chi connectivity index (χ3v) is 19.8. The summed E-state index contributed by atoms with van der Waals surface area (Å²) in [5.74, 6) is -6.31. The van der Waals surface area contributed by atoms with Crippen LogP contribution in [0.1, 0.15) is 140 Å². The van der Waals surface area contributed by atoms with Crippen LogP contribution in [-0.4, -0.2) is 87.4 Å². The van der Waals surface area contributed by atoms with E-state index in [0.29, 0.717) is 22.5 Å². The summed E-state index contributed by atoms with van der Waals surface area (Å²) in [6.07, 6.45) is 0.